The van der Waals surface area contributed by atoms with Gasteiger partial charge in [0.1, 0.15) is 11.5 Å². The first-order valence-electron chi connectivity index (χ1n) is 40.7. The highest BCUT2D eigenvalue weighted by Gasteiger charge is 2.49. The van der Waals surface area contributed by atoms with Gasteiger partial charge in [-0.25, -0.2) is 20.2 Å². The zero-order chi connectivity index (χ0) is 77.4. The Morgan fingerprint density at radius 3 is 1.05 bits per heavy atom. The molecule has 0 N–H and O–H groups in total. The fourth-order valence-corrected chi connectivity index (χ4v) is 24.2. The van der Waals surface area contributed by atoms with E-state index in [9.17, 15) is 20.1 Å². The number of thiophene rings is 4. The van der Waals surface area contributed by atoms with Crippen LogP contribution in [-0.4, -0.2) is 24.8 Å². The van der Waals surface area contributed by atoms with Crippen LogP contribution in [0.3, 0.4) is 0 Å². The standard InChI is InChI=1S/C94H98Cl4N4O4S4/c1-9-15-21-27-29-35-41-105-85-61-43-58-46-70-82-92(90-72(94(82,39-33-25-19-13-5)40-34-26-20-14-6)50-60(108-90)48-68-80(78(56-100)102-8)64-52-74(96)76(98)54-66(64)84(68)104)110-88(70)86(106-42-36-30-28-22-16-10-2)62(58)44-57(61)45-69-81-91(109-87(69)85)89-71(93(81,37-31-23-17-11-3)38-32-24-18-12-4)49-59(107-89)47-67-79(77(55-99)101-7)63-51-73(95)75(97)53-65(63)83(67)103/h43-54H,9-42H2,1-6H3/b67-47-,68-48-,79-77+,80-78?. The van der Waals surface area contributed by atoms with Crippen LogP contribution in [0.5, 0.6) is 11.5 Å². The molecule has 0 saturated carbocycles. The number of unbranched alkanes of at least 4 members (excludes halogenated alkanes) is 22. The topological polar surface area (TPSA) is 109 Å². The monoisotopic (exact) mass is 1610 g/mol. The molecule has 8 nitrogen and oxygen atoms in total. The van der Waals surface area contributed by atoms with Gasteiger partial charge in [-0.05, 0) is 155 Å². The van der Waals surface area contributed by atoms with Crippen molar-refractivity contribution in [1.29, 1.82) is 10.5 Å². The Labute approximate surface area is 686 Å². The van der Waals surface area contributed by atoms with Crippen LogP contribution in [0, 0.1) is 35.8 Å². The van der Waals surface area contributed by atoms with Gasteiger partial charge in [-0.2, -0.15) is 0 Å². The molecule has 16 heteroatoms. The third-order valence-electron chi connectivity index (χ3n) is 23.5. The van der Waals surface area contributed by atoms with Gasteiger partial charge in [0.25, 0.3) is 11.4 Å². The zero-order valence-electron chi connectivity index (χ0n) is 64.5. The summed E-state index contributed by atoms with van der Waals surface area (Å²) in [6.45, 7) is 31.1. The Morgan fingerprint density at radius 1 is 0.409 bits per heavy atom. The normalized spacial score (nSPS) is 15.9. The van der Waals surface area contributed by atoms with Gasteiger partial charge in [-0.3, -0.25) is 9.59 Å². The van der Waals surface area contributed by atoms with E-state index in [1.165, 1.54) is 104 Å². The van der Waals surface area contributed by atoms with Gasteiger partial charge in [0, 0.05) is 85.3 Å². The first-order valence-corrected chi connectivity index (χ1v) is 45.5. The van der Waals surface area contributed by atoms with Gasteiger partial charge in [0.15, 0.2) is 11.6 Å². The average Bonchev–Trinajstić information content (AvgIpc) is 1.52. The van der Waals surface area contributed by atoms with Crippen molar-refractivity contribution in [2.24, 2.45) is 0 Å². The lowest BCUT2D eigenvalue weighted by Crippen LogP contribution is -2.25. The molecule has 4 heterocycles. The largest absolute Gasteiger partial charge is 0.491 e. The van der Waals surface area contributed by atoms with Gasteiger partial charge in [0.2, 0.25) is 0 Å². The minimum Gasteiger partial charge on any atom is -0.491 e. The predicted octanol–water partition coefficient (Wildman–Crippen LogP) is 31.9. The number of allylic oxidation sites excluding steroid dienone is 6. The van der Waals surface area contributed by atoms with Crippen molar-refractivity contribution in [1.82, 2.24) is 0 Å². The minimum atomic E-state index is -0.363. The van der Waals surface area contributed by atoms with E-state index in [-0.39, 0.29) is 53.9 Å². The molecule has 4 aliphatic carbocycles. The Bertz CT molecular complexity index is 4990. The van der Waals surface area contributed by atoms with E-state index in [2.05, 4.69) is 99.8 Å². The van der Waals surface area contributed by atoms with Crippen molar-refractivity contribution in [3.63, 3.8) is 0 Å². The van der Waals surface area contributed by atoms with Crippen LogP contribution in [0.25, 0.3) is 94.2 Å². The van der Waals surface area contributed by atoms with E-state index in [0.29, 0.717) is 57.8 Å². The zero-order valence-corrected chi connectivity index (χ0v) is 70.8. The quantitative estimate of drug-likeness (QED) is 0.0125. The number of ether oxygens (including phenoxy) is 2. The van der Waals surface area contributed by atoms with Crippen molar-refractivity contribution in [3.05, 3.63) is 180 Å². The molecular weight excluding hydrogens is 1520 g/mol. The van der Waals surface area contributed by atoms with Crippen LogP contribution in [0.2, 0.25) is 20.1 Å². The first kappa shape index (κ1) is 81.0. The third-order valence-corrected chi connectivity index (χ3v) is 29.8. The van der Waals surface area contributed by atoms with Crippen LogP contribution >= 0.6 is 91.8 Å². The van der Waals surface area contributed by atoms with Crippen molar-refractivity contribution in [2.45, 2.75) is 258 Å². The molecular formula is C94H98Cl4N4O4S4. The number of hydrogen-bond acceptors (Lipinski definition) is 10. The Hall–Kier alpha value is -7.04. The molecule has 4 aliphatic rings. The lowest BCUT2D eigenvalue weighted by Gasteiger charge is -2.32. The Balaban J connectivity index is 1.05. The summed E-state index contributed by atoms with van der Waals surface area (Å²) >= 11 is 33.6. The Kier molecular flexibility index (Phi) is 26.8. The number of nitrogens with zero attached hydrogens (tertiary/aromatic N) is 4. The van der Waals surface area contributed by atoms with E-state index in [4.69, 9.17) is 69.0 Å². The van der Waals surface area contributed by atoms with E-state index < -0.39 is 0 Å². The highest BCUT2D eigenvalue weighted by atomic mass is 35.5. The molecule has 4 aromatic heterocycles. The fraction of sp³-hybridized carbons (Fsp3) is 0.447. The van der Waals surface area contributed by atoms with Gasteiger partial charge in [-0.15, -0.1) is 45.3 Å². The van der Waals surface area contributed by atoms with Gasteiger partial charge in [-0.1, -0.05) is 255 Å². The fourth-order valence-electron chi connectivity index (χ4n) is 18.0. The second kappa shape index (κ2) is 36.4. The summed E-state index contributed by atoms with van der Waals surface area (Å²) in [6, 6.07) is 25.2. The molecule has 0 saturated heterocycles. The summed E-state index contributed by atoms with van der Waals surface area (Å²) in [4.78, 5) is 43.6. The number of nitriles is 2. The molecule has 0 atom stereocenters. The van der Waals surface area contributed by atoms with Crippen LogP contribution in [-0.2, 0) is 10.8 Å². The number of fused-ring (bicyclic) bond motifs is 14. The summed E-state index contributed by atoms with van der Waals surface area (Å²) in [7, 11) is 0. The summed E-state index contributed by atoms with van der Waals surface area (Å²) < 4.78 is 17.4. The maximum absolute atomic E-state index is 14.7. The van der Waals surface area contributed by atoms with Crippen molar-refractivity contribution in [3.8, 4) is 43.1 Å². The molecule has 0 spiro atoms. The van der Waals surface area contributed by atoms with Crippen LogP contribution in [0.4, 0.5) is 0 Å². The van der Waals surface area contributed by atoms with E-state index in [1.807, 2.05) is 34.8 Å². The molecule has 9 aromatic rings. The Morgan fingerprint density at radius 2 is 0.718 bits per heavy atom. The second-order valence-corrected chi connectivity index (χ2v) is 36.6. The van der Waals surface area contributed by atoms with Crippen molar-refractivity contribution >= 4 is 168 Å². The highest BCUT2D eigenvalue weighted by molar-refractivity contribution is 7.28. The second-order valence-electron chi connectivity index (χ2n) is 30.8. The predicted molar refractivity (Wildman–Crippen MR) is 469 cm³/mol. The number of halogens is 4. The first-order chi connectivity index (χ1) is 53.6. The van der Waals surface area contributed by atoms with E-state index in [0.717, 1.165) is 206 Å². The smallest absolute Gasteiger partial charge is 0.270 e. The van der Waals surface area contributed by atoms with Crippen molar-refractivity contribution < 1.29 is 19.1 Å². The highest BCUT2D eigenvalue weighted by Crippen LogP contribution is 2.66. The molecule has 0 amide bonds. The number of rotatable bonds is 38. The number of hydrogen-bond donors (Lipinski definition) is 0. The molecule has 0 bridgehead atoms. The molecule has 0 aliphatic heterocycles. The van der Waals surface area contributed by atoms with Crippen molar-refractivity contribution in [2.75, 3.05) is 13.2 Å². The number of benzene rings is 5. The average molecular weight is 1620 g/mol. The molecule has 110 heavy (non-hydrogen) atoms. The molecule has 0 fully saturated rings. The molecule has 0 radical (unpaired) electrons. The SMILES string of the molecule is [C-]#[N+]C(C#N)=C1/C(=C/c2cc3c(s2)-c2sc4c(OCCCCCCCC)c5cc6cc7c8c(sc7c(OCCCCCCCC)c6cc5cc4c2C3(CCCCCC)CCCCCC)-c2sc(/C=C3\C(=O)c4cc(Cl)c(Cl)cc4\C3=C(\C#N)[N+]#[C-])cc2C8(CCCCCC)CCCCCC)C(=O)c2cc(Cl)c(Cl)cc21. The van der Waals surface area contributed by atoms with E-state index >= 15 is 0 Å². The lowest BCUT2D eigenvalue weighted by atomic mass is 9.70. The number of carbonyl (C=O) groups excluding carboxylic acids is 2. The van der Waals surface area contributed by atoms with E-state index in [1.54, 1.807) is 46.9 Å². The van der Waals surface area contributed by atoms with Gasteiger partial charge < -0.3 is 9.47 Å². The van der Waals surface area contributed by atoms with Crippen LogP contribution < -0.4 is 9.47 Å². The summed E-state index contributed by atoms with van der Waals surface area (Å²) in [5.74, 6) is 1.30. The molecule has 13 rings (SSSR count). The minimum absolute atomic E-state index is 0.161. The maximum Gasteiger partial charge on any atom is 0.270 e. The van der Waals surface area contributed by atoms with Crippen LogP contribution in [0.15, 0.2) is 83.2 Å². The maximum atomic E-state index is 14.7. The third kappa shape index (κ3) is 15.5. The van der Waals surface area contributed by atoms with Crippen LogP contribution in [0.1, 0.15) is 311 Å². The summed E-state index contributed by atoms with van der Waals surface area (Å²) in [5, 5.41) is 28.8. The number of Topliss-reactive ketones (excluding diaryl/α,β-unsaturated/α-hetero) is 2. The number of carbonyl (C=O) groups is 2. The summed E-state index contributed by atoms with van der Waals surface area (Å²) in [6.07, 6.45) is 39.1. The summed E-state index contributed by atoms with van der Waals surface area (Å²) in [5.41, 5.74) is 7.11. The molecule has 570 valence electrons. The molecule has 5 aromatic carbocycles. The number of ketones is 2. The molecule has 0 unspecified atom stereocenters. The van der Waals surface area contributed by atoms with Gasteiger partial charge in [0.05, 0.1) is 77.7 Å². The van der Waals surface area contributed by atoms with Gasteiger partial charge >= 0.3 is 0 Å². The lowest BCUT2D eigenvalue weighted by molar-refractivity contribution is 0.103.